The maximum absolute atomic E-state index is 11.9. The van der Waals surface area contributed by atoms with Crippen LogP contribution in [0.15, 0.2) is 18.5 Å². The van der Waals surface area contributed by atoms with Gasteiger partial charge < -0.3 is 34.8 Å². The van der Waals surface area contributed by atoms with Crippen LogP contribution in [0, 0.1) is 0 Å². The molecule has 4 N–H and O–H groups in total. The van der Waals surface area contributed by atoms with Crippen LogP contribution in [0.2, 0.25) is 0 Å². The number of aliphatic hydroxyl groups is 1. The highest BCUT2D eigenvalue weighted by Gasteiger charge is 2.30. The number of amides is 2. The molecule has 0 radical (unpaired) electrons. The Morgan fingerprint density at radius 3 is 2.48 bits per heavy atom. The van der Waals surface area contributed by atoms with Crippen molar-refractivity contribution in [2.75, 3.05) is 57.6 Å². The van der Waals surface area contributed by atoms with Gasteiger partial charge in [-0.05, 0) is 69.2 Å². The Hall–Kier alpha value is -4.24. The monoisotopic (exact) mass is 639 g/mol. The first-order chi connectivity index (χ1) is 22.3. The standard InChI is InChI=1S/C31H45N9O6/c1-4-5-22(10-15-41)34-28-27-24(35-29(36-28)37-30(42)46-3)18-33-40(27)19-25-26(45-2)16-21(17-32-25)20-6-11-38(12-7-20)23-8-13-39(14-9-23)31(43)44/h16-18,20,22-23,41H,4-15,19H2,1-3H3,(H,43,44)(H2,34,35,36,37,42)/t22-/m0/s1. The van der Waals surface area contributed by atoms with E-state index >= 15 is 0 Å². The molecule has 46 heavy (non-hydrogen) atoms. The Labute approximate surface area is 268 Å². The third-order valence-corrected chi connectivity index (χ3v) is 9.07. The van der Waals surface area contributed by atoms with E-state index in [1.54, 1.807) is 18.0 Å². The SMILES string of the molecule is CCC[C@@H](CCO)Nc1nc(NC(=O)OC)nc2cnn(Cc3ncc(C4CCN(C5CCN(C(=O)O)CC5)CC4)cc3OC)c12. The summed E-state index contributed by atoms with van der Waals surface area (Å²) in [4.78, 5) is 41.1. The van der Waals surface area contributed by atoms with Crippen molar-refractivity contribution < 1.29 is 29.3 Å². The molecule has 1 atom stereocenters. The number of fused-ring (bicyclic) bond motifs is 1. The van der Waals surface area contributed by atoms with Gasteiger partial charge in [0.25, 0.3) is 0 Å². The fourth-order valence-corrected chi connectivity index (χ4v) is 6.57. The molecule has 0 aliphatic carbocycles. The minimum Gasteiger partial charge on any atom is -0.495 e. The number of carbonyl (C=O) groups is 2. The van der Waals surface area contributed by atoms with Gasteiger partial charge in [0.05, 0.1) is 27.0 Å². The van der Waals surface area contributed by atoms with Crippen LogP contribution in [0.1, 0.15) is 69.0 Å². The average molecular weight is 640 g/mol. The summed E-state index contributed by atoms with van der Waals surface area (Å²) in [5.74, 6) is 1.60. The van der Waals surface area contributed by atoms with Gasteiger partial charge >= 0.3 is 12.2 Å². The number of methoxy groups -OCH3 is 2. The summed E-state index contributed by atoms with van der Waals surface area (Å²) in [5, 5.41) is 29.5. The number of aliphatic hydroxyl groups excluding tert-OH is 1. The molecule has 2 aliphatic heterocycles. The van der Waals surface area contributed by atoms with Gasteiger partial charge in [0.1, 0.15) is 22.5 Å². The lowest BCUT2D eigenvalue weighted by Crippen LogP contribution is -2.48. The van der Waals surface area contributed by atoms with E-state index in [2.05, 4.69) is 43.6 Å². The van der Waals surface area contributed by atoms with Crippen LogP contribution in [-0.2, 0) is 11.3 Å². The number of ether oxygens (including phenoxy) is 2. The zero-order chi connectivity index (χ0) is 32.6. The highest BCUT2D eigenvalue weighted by atomic mass is 16.5. The molecule has 2 aliphatic rings. The molecule has 0 bridgehead atoms. The number of pyridine rings is 1. The van der Waals surface area contributed by atoms with Crippen LogP contribution in [0.3, 0.4) is 0 Å². The van der Waals surface area contributed by atoms with Crippen molar-refractivity contribution in [2.45, 2.75) is 76.4 Å². The van der Waals surface area contributed by atoms with Crippen molar-refractivity contribution in [3.63, 3.8) is 0 Å². The highest BCUT2D eigenvalue weighted by Crippen LogP contribution is 2.33. The van der Waals surface area contributed by atoms with E-state index in [9.17, 15) is 19.8 Å². The summed E-state index contributed by atoms with van der Waals surface area (Å²) in [5.41, 5.74) is 3.02. The summed E-state index contributed by atoms with van der Waals surface area (Å²) < 4.78 is 12.3. The molecule has 15 heteroatoms. The fraction of sp³-hybridized carbons (Fsp3) is 0.613. The molecule has 250 valence electrons. The van der Waals surface area contributed by atoms with Crippen LogP contribution < -0.4 is 15.4 Å². The topological polar surface area (TPSA) is 180 Å². The summed E-state index contributed by atoms with van der Waals surface area (Å²) in [6.45, 7) is 5.57. The molecule has 2 saturated heterocycles. The molecule has 3 aromatic rings. The number of hydrogen-bond acceptors (Lipinski definition) is 11. The van der Waals surface area contributed by atoms with Crippen LogP contribution in [0.5, 0.6) is 5.75 Å². The first-order valence-electron chi connectivity index (χ1n) is 16.0. The zero-order valence-corrected chi connectivity index (χ0v) is 26.8. The van der Waals surface area contributed by atoms with E-state index in [4.69, 9.17) is 14.5 Å². The lowest BCUT2D eigenvalue weighted by atomic mass is 9.88. The number of likely N-dealkylation sites (tertiary alicyclic amines) is 2. The first-order valence-corrected chi connectivity index (χ1v) is 16.0. The predicted octanol–water partition coefficient (Wildman–Crippen LogP) is 3.74. The van der Waals surface area contributed by atoms with E-state index in [-0.39, 0.29) is 18.6 Å². The molecular weight excluding hydrogens is 594 g/mol. The van der Waals surface area contributed by atoms with Gasteiger partial charge in [-0.2, -0.15) is 10.1 Å². The minimum absolute atomic E-state index is 0.0248. The molecule has 5 rings (SSSR count). The first kappa shape index (κ1) is 33.1. The van der Waals surface area contributed by atoms with Gasteiger partial charge in [-0.15, -0.1) is 0 Å². The number of rotatable bonds is 12. The zero-order valence-electron chi connectivity index (χ0n) is 26.8. The molecule has 2 amide bonds. The Kier molecular flexibility index (Phi) is 11.1. The summed E-state index contributed by atoms with van der Waals surface area (Å²) in [6.07, 6.45) is 8.09. The number of piperidine rings is 2. The van der Waals surface area contributed by atoms with Gasteiger partial charge in [-0.3, -0.25) is 15.0 Å². The number of anilines is 2. The maximum atomic E-state index is 11.9. The number of carboxylic acid groups (broad SMARTS) is 1. The van der Waals surface area contributed by atoms with E-state index < -0.39 is 12.2 Å². The van der Waals surface area contributed by atoms with Gasteiger partial charge in [0.2, 0.25) is 5.95 Å². The minimum atomic E-state index is -0.825. The van der Waals surface area contributed by atoms with Crippen molar-refractivity contribution in [1.29, 1.82) is 0 Å². The lowest BCUT2D eigenvalue weighted by molar-refractivity contribution is 0.0811. The van der Waals surface area contributed by atoms with Gasteiger partial charge in [-0.25, -0.2) is 14.6 Å². The quantitative estimate of drug-likeness (QED) is 0.226. The van der Waals surface area contributed by atoms with E-state index in [0.29, 0.717) is 66.3 Å². The summed E-state index contributed by atoms with van der Waals surface area (Å²) in [6, 6.07) is 2.47. The van der Waals surface area contributed by atoms with Crippen LogP contribution >= 0.6 is 0 Å². The molecule has 0 saturated carbocycles. The molecule has 0 aromatic carbocycles. The van der Waals surface area contributed by atoms with Crippen molar-refractivity contribution in [3.05, 3.63) is 29.7 Å². The number of nitrogens with one attached hydrogen (secondary N) is 2. The second-order valence-corrected chi connectivity index (χ2v) is 11.9. The molecular formula is C31H45N9O6. The molecule has 2 fully saturated rings. The number of nitrogens with zero attached hydrogens (tertiary/aromatic N) is 7. The molecule has 0 spiro atoms. The predicted molar refractivity (Wildman–Crippen MR) is 171 cm³/mol. The van der Waals surface area contributed by atoms with Gasteiger partial charge in [0, 0.05) is 38.0 Å². The van der Waals surface area contributed by atoms with Gasteiger partial charge in [0.15, 0.2) is 5.82 Å². The third kappa shape index (κ3) is 7.76. The fourth-order valence-electron chi connectivity index (χ4n) is 6.57. The second kappa shape index (κ2) is 15.4. The second-order valence-electron chi connectivity index (χ2n) is 11.9. The smallest absolute Gasteiger partial charge is 0.413 e. The van der Waals surface area contributed by atoms with Gasteiger partial charge in [-0.1, -0.05) is 13.3 Å². The number of carbonyl (C=O) groups excluding carboxylic acids is 1. The molecule has 15 nitrogen and oxygen atoms in total. The third-order valence-electron chi connectivity index (χ3n) is 9.07. The summed E-state index contributed by atoms with van der Waals surface area (Å²) in [7, 11) is 2.91. The van der Waals surface area contributed by atoms with Crippen molar-refractivity contribution in [1.82, 2.24) is 34.5 Å². The number of aromatic nitrogens is 5. The molecule has 3 aromatic heterocycles. The van der Waals surface area contributed by atoms with Crippen LogP contribution in [0.4, 0.5) is 21.4 Å². The largest absolute Gasteiger partial charge is 0.495 e. The molecule has 5 heterocycles. The maximum Gasteiger partial charge on any atom is 0.413 e. The van der Waals surface area contributed by atoms with E-state index in [1.807, 2.05) is 6.20 Å². The van der Waals surface area contributed by atoms with Crippen molar-refractivity contribution >= 4 is 35.0 Å². The van der Waals surface area contributed by atoms with E-state index in [1.165, 1.54) is 12.0 Å². The Balaban J connectivity index is 1.32. The highest BCUT2D eigenvalue weighted by molar-refractivity contribution is 5.89. The molecule has 0 unspecified atom stereocenters. The van der Waals surface area contributed by atoms with Crippen LogP contribution in [-0.4, -0.2) is 116 Å². The van der Waals surface area contributed by atoms with Crippen molar-refractivity contribution in [3.8, 4) is 5.75 Å². The Morgan fingerprint density at radius 1 is 1.07 bits per heavy atom. The van der Waals surface area contributed by atoms with E-state index in [0.717, 1.165) is 57.2 Å². The van der Waals surface area contributed by atoms with Crippen molar-refractivity contribution in [2.24, 2.45) is 0 Å². The normalized spacial score (nSPS) is 17.2. The average Bonchev–Trinajstić information content (AvgIpc) is 3.47. The lowest BCUT2D eigenvalue weighted by Gasteiger charge is -2.41. The Bertz CT molecular complexity index is 1480. The number of hydrogen-bond donors (Lipinski definition) is 4. The Morgan fingerprint density at radius 2 is 1.83 bits per heavy atom. The summed E-state index contributed by atoms with van der Waals surface area (Å²) >= 11 is 0. The van der Waals surface area contributed by atoms with Crippen LogP contribution in [0.25, 0.3) is 11.0 Å².